The van der Waals surface area contributed by atoms with Crippen molar-refractivity contribution in [1.29, 1.82) is 0 Å². The van der Waals surface area contributed by atoms with Crippen LogP contribution in [0.4, 0.5) is 0 Å². The van der Waals surface area contributed by atoms with Crippen molar-refractivity contribution in [2.45, 2.75) is 27.2 Å². The maximum Gasteiger partial charge on any atom is -0.00174 e. The Bertz CT molecular complexity index is 297. The van der Waals surface area contributed by atoms with E-state index in [-0.39, 0.29) is 0 Å². The Morgan fingerprint density at radius 3 is 2.69 bits per heavy atom. The Hall–Kier alpha value is -1.04. The number of hydrogen-bond acceptors (Lipinski definition) is 0. The summed E-state index contributed by atoms with van der Waals surface area (Å²) in [6.45, 7) is 10.2. The van der Waals surface area contributed by atoms with Crippen molar-refractivity contribution in [3.63, 3.8) is 0 Å². The number of allylic oxidation sites excluding steroid dienone is 1. The van der Waals surface area contributed by atoms with Crippen LogP contribution in [0, 0.1) is 19.8 Å². The Kier molecular flexibility index (Phi) is 3.30. The zero-order valence-corrected chi connectivity index (χ0v) is 8.72. The Morgan fingerprint density at radius 2 is 2.08 bits per heavy atom. The van der Waals surface area contributed by atoms with Gasteiger partial charge in [0.25, 0.3) is 0 Å². The first kappa shape index (κ1) is 10.0. The summed E-state index contributed by atoms with van der Waals surface area (Å²) in [5.74, 6) is 1.33. The molecule has 1 aromatic rings. The van der Waals surface area contributed by atoms with E-state index >= 15 is 0 Å². The van der Waals surface area contributed by atoms with Crippen molar-refractivity contribution in [3.8, 4) is 0 Å². The molecule has 1 radical (unpaired) electrons. The van der Waals surface area contributed by atoms with Gasteiger partial charge < -0.3 is 0 Å². The molecule has 0 aliphatic carbocycles. The van der Waals surface area contributed by atoms with Crippen molar-refractivity contribution in [2.24, 2.45) is 0 Å². The van der Waals surface area contributed by atoms with E-state index in [0.717, 1.165) is 6.42 Å². The molecule has 0 nitrogen and oxygen atoms in total. The van der Waals surface area contributed by atoms with Gasteiger partial charge in [-0.3, -0.25) is 0 Å². The van der Waals surface area contributed by atoms with Crippen LogP contribution < -0.4 is 0 Å². The molecule has 0 saturated carbocycles. The summed E-state index contributed by atoms with van der Waals surface area (Å²) in [4.78, 5) is 0. The van der Waals surface area contributed by atoms with E-state index in [2.05, 4.69) is 45.5 Å². The van der Waals surface area contributed by atoms with Gasteiger partial charge in [0.1, 0.15) is 0 Å². The van der Waals surface area contributed by atoms with Gasteiger partial charge in [0.2, 0.25) is 0 Å². The Labute approximate surface area is 81.3 Å². The van der Waals surface area contributed by atoms with E-state index < -0.39 is 0 Å². The van der Waals surface area contributed by atoms with Crippen LogP contribution in [0.2, 0.25) is 0 Å². The normalized spacial score (nSPS) is 10.5. The molecule has 0 amide bonds. The molecule has 0 aliphatic heterocycles. The second-order valence-electron chi connectivity index (χ2n) is 3.59. The highest BCUT2D eigenvalue weighted by Gasteiger charge is 2.03. The molecule has 0 aromatic heterocycles. The van der Waals surface area contributed by atoms with Gasteiger partial charge in [-0.15, -0.1) is 6.58 Å². The molecule has 0 aliphatic rings. The molecule has 0 fully saturated rings. The first-order chi connectivity index (χ1) is 6.15. The second kappa shape index (κ2) is 4.27. The summed E-state index contributed by atoms with van der Waals surface area (Å²) >= 11 is 0. The highest BCUT2D eigenvalue weighted by Crippen LogP contribution is 2.17. The summed E-state index contributed by atoms with van der Waals surface area (Å²) in [7, 11) is 0. The zero-order valence-electron chi connectivity index (χ0n) is 8.72. The summed E-state index contributed by atoms with van der Waals surface area (Å²) in [5, 5.41) is 0. The van der Waals surface area contributed by atoms with Crippen molar-refractivity contribution in [2.75, 3.05) is 0 Å². The molecule has 1 aromatic carbocycles. The molecule has 0 spiro atoms. The first-order valence-electron chi connectivity index (χ1n) is 4.65. The summed E-state index contributed by atoms with van der Waals surface area (Å²) in [6, 6.07) is 6.46. The Morgan fingerprint density at radius 1 is 1.38 bits per heavy atom. The molecular formula is C13H17. The molecule has 0 saturated heterocycles. The lowest BCUT2D eigenvalue weighted by Gasteiger charge is -2.10. The van der Waals surface area contributed by atoms with Gasteiger partial charge in [-0.25, -0.2) is 0 Å². The standard InChI is InChI=1S/C13H17/c1-5-10(2)9-13-8-6-7-11(3)12(13)4/h5-8H,1,9H2,2-4H3. The molecule has 0 heterocycles. The third-order valence-corrected chi connectivity index (χ3v) is 2.53. The minimum atomic E-state index is 1.02. The molecule has 13 heavy (non-hydrogen) atoms. The predicted octanol–water partition coefficient (Wildman–Crippen LogP) is 3.63. The fraction of sp³-hybridized carbons (Fsp3) is 0.308. The Balaban J connectivity index is 2.88. The van der Waals surface area contributed by atoms with Crippen molar-refractivity contribution in [3.05, 3.63) is 53.5 Å². The molecule has 1 rings (SSSR count). The summed E-state index contributed by atoms with van der Waals surface area (Å²) in [5.41, 5.74) is 4.19. The zero-order chi connectivity index (χ0) is 9.84. The predicted molar refractivity (Wildman–Crippen MR) is 58.7 cm³/mol. The van der Waals surface area contributed by atoms with E-state index in [0.29, 0.717) is 0 Å². The molecule has 0 atom stereocenters. The average Bonchev–Trinajstić information content (AvgIpc) is 2.13. The minimum absolute atomic E-state index is 1.02. The van der Waals surface area contributed by atoms with Crippen molar-refractivity contribution >= 4 is 0 Å². The molecule has 69 valence electrons. The van der Waals surface area contributed by atoms with Crippen LogP contribution >= 0.6 is 0 Å². The first-order valence-corrected chi connectivity index (χ1v) is 4.65. The number of rotatable bonds is 3. The lowest BCUT2D eigenvalue weighted by atomic mass is 9.95. The fourth-order valence-electron chi connectivity index (χ4n) is 1.38. The average molecular weight is 173 g/mol. The molecule has 0 heteroatoms. The van der Waals surface area contributed by atoms with Crippen LogP contribution in [0.15, 0.2) is 30.9 Å². The second-order valence-corrected chi connectivity index (χ2v) is 3.59. The highest BCUT2D eigenvalue weighted by atomic mass is 14.1. The van der Waals surface area contributed by atoms with Crippen LogP contribution in [0.25, 0.3) is 0 Å². The van der Waals surface area contributed by atoms with E-state index in [1.165, 1.54) is 22.6 Å². The monoisotopic (exact) mass is 173 g/mol. The number of aryl methyl sites for hydroxylation is 1. The lowest BCUT2D eigenvalue weighted by Crippen LogP contribution is -1.97. The van der Waals surface area contributed by atoms with Gasteiger partial charge in [-0.1, -0.05) is 31.2 Å². The summed E-state index contributed by atoms with van der Waals surface area (Å²) < 4.78 is 0. The quantitative estimate of drug-likeness (QED) is 0.654. The molecule has 0 N–H and O–H groups in total. The third-order valence-electron chi connectivity index (χ3n) is 2.53. The van der Waals surface area contributed by atoms with Gasteiger partial charge in [-0.2, -0.15) is 0 Å². The smallest absolute Gasteiger partial charge is 0.00174 e. The van der Waals surface area contributed by atoms with Crippen LogP contribution in [0.1, 0.15) is 23.6 Å². The fourth-order valence-corrected chi connectivity index (χ4v) is 1.38. The van der Waals surface area contributed by atoms with Crippen molar-refractivity contribution in [1.82, 2.24) is 0 Å². The van der Waals surface area contributed by atoms with Gasteiger partial charge in [0.15, 0.2) is 0 Å². The van der Waals surface area contributed by atoms with Gasteiger partial charge in [0, 0.05) is 0 Å². The molecule has 0 bridgehead atoms. The molecular weight excluding hydrogens is 156 g/mol. The van der Waals surface area contributed by atoms with E-state index in [1.807, 2.05) is 6.08 Å². The number of hydrogen-bond donors (Lipinski definition) is 0. The van der Waals surface area contributed by atoms with Crippen LogP contribution in [-0.4, -0.2) is 0 Å². The summed E-state index contributed by atoms with van der Waals surface area (Å²) in [6.07, 6.45) is 2.96. The van der Waals surface area contributed by atoms with E-state index in [4.69, 9.17) is 0 Å². The van der Waals surface area contributed by atoms with Gasteiger partial charge in [-0.05, 0) is 42.9 Å². The number of benzene rings is 1. The third kappa shape index (κ3) is 2.45. The van der Waals surface area contributed by atoms with E-state index in [1.54, 1.807) is 0 Å². The maximum absolute atomic E-state index is 3.77. The highest BCUT2D eigenvalue weighted by molar-refractivity contribution is 5.35. The molecule has 0 unspecified atom stereocenters. The lowest BCUT2D eigenvalue weighted by molar-refractivity contribution is 1.01. The van der Waals surface area contributed by atoms with Gasteiger partial charge >= 0.3 is 0 Å². The topological polar surface area (TPSA) is 0 Å². The maximum atomic E-state index is 3.77. The minimum Gasteiger partial charge on any atom is -0.102 e. The van der Waals surface area contributed by atoms with Crippen molar-refractivity contribution < 1.29 is 0 Å². The van der Waals surface area contributed by atoms with E-state index in [9.17, 15) is 0 Å². The SMILES string of the molecule is C=C[C](C)Cc1cccc(C)c1C. The van der Waals surface area contributed by atoms with Crippen LogP contribution in [0.5, 0.6) is 0 Å². The van der Waals surface area contributed by atoms with Crippen LogP contribution in [-0.2, 0) is 6.42 Å². The largest absolute Gasteiger partial charge is 0.102 e. The van der Waals surface area contributed by atoms with Crippen LogP contribution in [0.3, 0.4) is 0 Å². The van der Waals surface area contributed by atoms with Gasteiger partial charge in [0.05, 0.1) is 0 Å².